The van der Waals surface area contributed by atoms with Crippen LogP contribution in [-0.4, -0.2) is 42.5 Å². The van der Waals surface area contributed by atoms with Gasteiger partial charge >= 0.3 is 0 Å². The zero-order valence-corrected chi connectivity index (χ0v) is 12.3. The van der Waals surface area contributed by atoms with Gasteiger partial charge in [-0.2, -0.15) is 0 Å². The van der Waals surface area contributed by atoms with Crippen molar-refractivity contribution in [2.24, 2.45) is 0 Å². The van der Waals surface area contributed by atoms with Gasteiger partial charge in [-0.3, -0.25) is 9.78 Å². The molecule has 4 rings (SSSR count). The minimum absolute atomic E-state index is 0.182. The Bertz CT molecular complexity index is 761. The molecule has 2 fully saturated rings. The third-order valence-corrected chi connectivity index (χ3v) is 4.19. The normalized spacial score (nSPS) is 22.7. The largest absolute Gasteiger partial charge is 0.346 e. The van der Waals surface area contributed by atoms with E-state index in [1.807, 2.05) is 0 Å². The molecule has 0 saturated carbocycles. The molecule has 6 nitrogen and oxygen atoms in total. The molecule has 3 heterocycles. The standard InChI is InChI=1S/C16H16FN3O3/c17-12-3-1-2-10-6-11(8-18-14(10)12)20-15(21)13-7-16(9-19-13)22-4-5-23-16/h1-3,6,8,13,19H,4-5,7,9H2,(H,20,21)/t13-/m0/s1. The maximum atomic E-state index is 13.6. The van der Waals surface area contributed by atoms with Crippen LogP contribution in [0.2, 0.25) is 0 Å². The molecule has 0 radical (unpaired) electrons. The predicted molar refractivity (Wildman–Crippen MR) is 81.4 cm³/mol. The Morgan fingerprint density at radius 3 is 3.04 bits per heavy atom. The maximum absolute atomic E-state index is 13.6. The average Bonchev–Trinajstić information content (AvgIpc) is 3.18. The SMILES string of the molecule is O=C(Nc1cnc2c(F)cccc2c1)[C@@H]1CC2(CN1)OCCO2. The lowest BCUT2D eigenvalue weighted by molar-refractivity contribution is -0.143. The highest BCUT2D eigenvalue weighted by molar-refractivity contribution is 5.96. The van der Waals surface area contributed by atoms with Gasteiger partial charge in [0.1, 0.15) is 11.3 Å². The van der Waals surface area contributed by atoms with Crippen LogP contribution in [0, 0.1) is 5.82 Å². The lowest BCUT2D eigenvalue weighted by Crippen LogP contribution is -2.35. The first-order valence-corrected chi connectivity index (χ1v) is 7.52. The summed E-state index contributed by atoms with van der Waals surface area (Å²) in [5.74, 6) is -1.24. The first kappa shape index (κ1) is 14.5. The Labute approximate surface area is 132 Å². The molecule has 1 aromatic heterocycles. The third-order valence-electron chi connectivity index (χ3n) is 4.19. The van der Waals surface area contributed by atoms with Gasteiger partial charge < -0.3 is 20.1 Å². The van der Waals surface area contributed by atoms with Crippen molar-refractivity contribution in [2.45, 2.75) is 18.2 Å². The number of anilines is 1. The van der Waals surface area contributed by atoms with Crippen LogP contribution in [0.25, 0.3) is 10.9 Å². The molecule has 1 spiro atoms. The Balaban J connectivity index is 1.48. The fourth-order valence-electron chi connectivity index (χ4n) is 3.06. The van der Waals surface area contributed by atoms with E-state index in [9.17, 15) is 9.18 Å². The van der Waals surface area contributed by atoms with Crippen LogP contribution < -0.4 is 10.6 Å². The van der Waals surface area contributed by atoms with Crippen LogP contribution in [0.3, 0.4) is 0 Å². The number of halogens is 1. The Morgan fingerprint density at radius 1 is 1.39 bits per heavy atom. The molecule has 2 aromatic rings. The number of amides is 1. The fourth-order valence-corrected chi connectivity index (χ4v) is 3.06. The zero-order valence-electron chi connectivity index (χ0n) is 12.3. The average molecular weight is 317 g/mol. The summed E-state index contributed by atoms with van der Waals surface area (Å²) in [5.41, 5.74) is 0.820. The molecule has 1 atom stereocenters. The van der Waals surface area contributed by atoms with E-state index in [2.05, 4.69) is 15.6 Å². The number of pyridine rings is 1. The molecule has 120 valence electrons. The zero-order chi connectivity index (χ0) is 15.9. The lowest BCUT2D eigenvalue weighted by atomic mass is 10.1. The van der Waals surface area contributed by atoms with Crippen molar-refractivity contribution >= 4 is 22.5 Å². The Morgan fingerprint density at radius 2 is 2.22 bits per heavy atom. The molecule has 7 heteroatoms. The lowest BCUT2D eigenvalue weighted by Gasteiger charge is -2.19. The van der Waals surface area contributed by atoms with E-state index in [1.165, 1.54) is 12.3 Å². The van der Waals surface area contributed by atoms with Crippen LogP contribution in [-0.2, 0) is 14.3 Å². The molecule has 1 amide bonds. The fraction of sp³-hybridized carbons (Fsp3) is 0.375. The number of carbonyl (C=O) groups is 1. The van der Waals surface area contributed by atoms with Gasteiger partial charge in [-0.15, -0.1) is 0 Å². The number of carbonyl (C=O) groups excluding carboxylic acids is 1. The van der Waals surface area contributed by atoms with E-state index in [0.29, 0.717) is 37.3 Å². The Hall–Kier alpha value is -2.09. The molecule has 1 aromatic carbocycles. The summed E-state index contributed by atoms with van der Waals surface area (Å²) >= 11 is 0. The smallest absolute Gasteiger partial charge is 0.241 e. The summed E-state index contributed by atoms with van der Waals surface area (Å²) < 4.78 is 24.8. The van der Waals surface area contributed by atoms with Crippen molar-refractivity contribution in [2.75, 3.05) is 25.1 Å². The minimum atomic E-state index is -0.674. The molecule has 23 heavy (non-hydrogen) atoms. The third kappa shape index (κ3) is 2.67. The second kappa shape index (κ2) is 5.52. The summed E-state index contributed by atoms with van der Waals surface area (Å²) in [7, 11) is 0. The van der Waals surface area contributed by atoms with Crippen molar-refractivity contribution < 1.29 is 18.7 Å². The van der Waals surface area contributed by atoms with Crippen LogP contribution in [0.5, 0.6) is 0 Å². The van der Waals surface area contributed by atoms with Crippen molar-refractivity contribution in [1.29, 1.82) is 0 Å². The van der Waals surface area contributed by atoms with Gasteiger partial charge in [0, 0.05) is 11.8 Å². The van der Waals surface area contributed by atoms with Crippen LogP contribution >= 0.6 is 0 Å². The number of ether oxygens (including phenoxy) is 2. The summed E-state index contributed by atoms with van der Waals surface area (Å²) in [5, 5.41) is 6.56. The molecule has 2 aliphatic heterocycles. The number of rotatable bonds is 2. The van der Waals surface area contributed by atoms with E-state index in [4.69, 9.17) is 9.47 Å². The van der Waals surface area contributed by atoms with Crippen molar-refractivity contribution in [3.05, 3.63) is 36.3 Å². The minimum Gasteiger partial charge on any atom is -0.346 e. The summed E-state index contributed by atoms with van der Waals surface area (Å²) in [4.78, 5) is 16.4. The van der Waals surface area contributed by atoms with Gasteiger partial charge in [-0.05, 0) is 12.1 Å². The number of nitrogens with zero attached hydrogens (tertiary/aromatic N) is 1. The van der Waals surface area contributed by atoms with Crippen LogP contribution in [0.15, 0.2) is 30.5 Å². The first-order chi connectivity index (χ1) is 11.2. The molecular formula is C16H16FN3O3. The van der Waals surface area contributed by atoms with Crippen LogP contribution in [0.4, 0.5) is 10.1 Å². The van der Waals surface area contributed by atoms with Crippen molar-refractivity contribution in [3.63, 3.8) is 0 Å². The summed E-state index contributed by atoms with van der Waals surface area (Å²) in [6.45, 7) is 1.60. The summed E-state index contributed by atoms with van der Waals surface area (Å²) in [6, 6.07) is 6.04. The van der Waals surface area contributed by atoms with Gasteiger partial charge in [-0.25, -0.2) is 4.39 Å². The van der Waals surface area contributed by atoms with Crippen molar-refractivity contribution in [1.82, 2.24) is 10.3 Å². The van der Waals surface area contributed by atoms with Gasteiger partial charge in [0.2, 0.25) is 5.91 Å². The molecule has 0 aliphatic carbocycles. The number of para-hydroxylation sites is 1. The second-order valence-corrected chi connectivity index (χ2v) is 5.77. The van der Waals surface area contributed by atoms with Gasteiger partial charge in [0.05, 0.1) is 37.7 Å². The van der Waals surface area contributed by atoms with E-state index >= 15 is 0 Å². The second-order valence-electron chi connectivity index (χ2n) is 5.77. The van der Waals surface area contributed by atoms with Crippen molar-refractivity contribution in [3.8, 4) is 0 Å². The highest BCUT2D eigenvalue weighted by Crippen LogP contribution is 2.29. The molecule has 0 unspecified atom stereocenters. The van der Waals surface area contributed by atoms with Crippen LogP contribution in [0.1, 0.15) is 6.42 Å². The quantitative estimate of drug-likeness (QED) is 0.876. The predicted octanol–water partition coefficient (Wildman–Crippen LogP) is 1.42. The maximum Gasteiger partial charge on any atom is 0.241 e. The number of fused-ring (bicyclic) bond motifs is 1. The van der Waals surface area contributed by atoms with E-state index in [0.717, 1.165) is 0 Å². The topological polar surface area (TPSA) is 72.5 Å². The number of nitrogens with one attached hydrogen (secondary N) is 2. The number of aromatic nitrogens is 1. The van der Waals surface area contributed by atoms with Gasteiger partial charge in [0.25, 0.3) is 0 Å². The first-order valence-electron chi connectivity index (χ1n) is 7.52. The molecule has 2 saturated heterocycles. The highest BCUT2D eigenvalue weighted by Gasteiger charge is 2.46. The number of hydrogen-bond donors (Lipinski definition) is 2. The monoisotopic (exact) mass is 317 g/mol. The number of benzene rings is 1. The highest BCUT2D eigenvalue weighted by atomic mass is 19.1. The van der Waals surface area contributed by atoms with Gasteiger partial charge in [0.15, 0.2) is 5.79 Å². The van der Waals surface area contributed by atoms with E-state index in [-0.39, 0.29) is 17.2 Å². The molecule has 0 bridgehead atoms. The number of hydrogen-bond acceptors (Lipinski definition) is 5. The van der Waals surface area contributed by atoms with E-state index in [1.54, 1.807) is 18.2 Å². The molecular weight excluding hydrogens is 301 g/mol. The van der Waals surface area contributed by atoms with E-state index < -0.39 is 11.8 Å². The molecule has 2 N–H and O–H groups in total. The Kier molecular flexibility index (Phi) is 3.48. The summed E-state index contributed by atoms with van der Waals surface area (Å²) in [6.07, 6.45) is 1.92. The van der Waals surface area contributed by atoms with Gasteiger partial charge in [-0.1, -0.05) is 12.1 Å². The molecule has 2 aliphatic rings.